The van der Waals surface area contributed by atoms with Crippen molar-refractivity contribution in [3.8, 4) is 17.1 Å². The Morgan fingerprint density at radius 2 is 1.84 bits per heavy atom. The maximum absolute atomic E-state index is 12.6. The molecule has 0 saturated heterocycles. The first-order valence-corrected chi connectivity index (χ1v) is 11.3. The van der Waals surface area contributed by atoms with Gasteiger partial charge in [-0.15, -0.1) is 10.2 Å². The number of aromatic nitrogens is 4. The quantitative estimate of drug-likeness (QED) is 0.550. The predicted molar refractivity (Wildman–Crippen MR) is 120 cm³/mol. The van der Waals surface area contributed by atoms with E-state index < -0.39 is 15.9 Å². The van der Waals surface area contributed by atoms with Crippen molar-refractivity contribution < 1.29 is 17.9 Å². The molecule has 0 aliphatic carbocycles. The lowest BCUT2D eigenvalue weighted by Gasteiger charge is -2.15. The molecule has 0 unspecified atom stereocenters. The van der Waals surface area contributed by atoms with Crippen LogP contribution in [0.5, 0.6) is 5.75 Å². The Hall–Kier alpha value is -3.31. The third-order valence-electron chi connectivity index (χ3n) is 4.80. The average Bonchev–Trinajstić information content (AvgIpc) is 3.21. The summed E-state index contributed by atoms with van der Waals surface area (Å²) < 4.78 is 31.1. The highest BCUT2D eigenvalue weighted by atomic mass is 32.2. The van der Waals surface area contributed by atoms with E-state index in [-0.39, 0.29) is 17.1 Å². The van der Waals surface area contributed by atoms with Crippen LogP contribution in [0.3, 0.4) is 0 Å². The molecule has 2 aromatic carbocycles. The lowest BCUT2D eigenvalue weighted by atomic mass is 10.0. The van der Waals surface area contributed by atoms with E-state index in [0.29, 0.717) is 17.5 Å². The molecule has 32 heavy (non-hydrogen) atoms. The summed E-state index contributed by atoms with van der Waals surface area (Å²) in [7, 11) is 0.628. The summed E-state index contributed by atoms with van der Waals surface area (Å²) in [5, 5.41) is 14.9. The van der Waals surface area contributed by atoms with Gasteiger partial charge in [0.05, 0.1) is 17.7 Å². The van der Waals surface area contributed by atoms with Crippen molar-refractivity contribution in [3.05, 3.63) is 48.0 Å². The van der Waals surface area contributed by atoms with Crippen LogP contribution in [0, 0.1) is 0 Å². The van der Waals surface area contributed by atoms with Crippen LogP contribution < -0.4 is 10.1 Å². The van der Waals surface area contributed by atoms with Crippen LogP contribution in [0.4, 0.5) is 5.69 Å². The highest BCUT2D eigenvalue weighted by Gasteiger charge is 2.20. The van der Waals surface area contributed by atoms with Gasteiger partial charge in [-0.2, -0.15) is 4.80 Å². The number of carbonyl (C=O) groups is 1. The Balaban J connectivity index is 1.75. The minimum atomic E-state index is -3.67. The third-order valence-corrected chi connectivity index (χ3v) is 6.61. The van der Waals surface area contributed by atoms with Crippen molar-refractivity contribution in [1.82, 2.24) is 24.5 Å². The van der Waals surface area contributed by atoms with Crippen molar-refractivity contribution in [3.63, 3.8) is 0 Å². The summed E-state index contributed by atoms with van der Waals surface area (Å²) in [5.74, 6) is 0.694. The summed E-state index contributed by atoms with van der Waals surface area (Å²) in [5.41, 5.74) is 2.22. The zero-order chi connectivity index (χ0) is 23.5. The zero-order valence-electron chi connectivity index (χ0n) is 18.6. The molecule has 10 nitrogen and oxygen atoms in total. The molecule has 0 saturated carbocycles. The van der Waals surface area contributed by atoms with E-state index in [1.165, 1.54) is 49.8 Å². The number of carbonyl (C=O) groups excluding carboxylic acids is 1. The molecule has 1 aromatic heterocycles. The highest BCUT2D eigenvalue weighted by molar-refractivity contribution is 7.89. The molecule has 3 rings (SSSR count). The molecule has 1 heterocycles. The largest absolute Gasteiger partial charge is 0.495 e. The van der Waals surface area contributed by atoms with Crippen molar-refractivity contribution in [2.75, 3.05) is 26.5 Å². The molecule has 11 heteroatoms. The summed E-state index contributed by atoms with van der Waals surface area (Å²) >= 11 is 0. The molecule has 1 N–H and O–H groups in total. The van der Waals surface area contributed by atoms with Gasteiger partial charge in [0.15, 0.2) is 0 Å². The maximum Gasteiger partial charge on any atom is 0.248 e. The lowest BCUT2D eigenvalue weighted by molar-refractivity contribution is -0.117. The zero-order valence-corrected chi connectivity index (χ0v) is 19.4. The fourth-order valence-corrected chi connectivity index (χ4v) is 3.85. The number of methoxy groups -OCH3 is 1. The molecule has 0 spiro atoms. The van der Waals surface area contributed by atoms with Crippen molar-refractivity contribution in [1.29, 1.82) is 0 Å². The minimum Gasteiger partial charge on any atom is -0.495 e. The Morgan fingerprint density at radius 1 is 1.16 bits per heavy atom. The number of hydrogen-bond donors (Lipinski definition) is 1. The van der Waals surface area contributed by atoms with Gasteiger partial charge in [-0.05, 0) is 34.9 Å². The summed E-state index contributed by atoms with van der Waals surface area (Å²) in [6.45, 7) is 4.02. The van der Waals surface area contributed by atoms with Gasteiger partial charge in [-0.1, -0.05) is 38.1 Å². The van der Waals surface area contributed by atoms with Crippen LogP contribution in [0.2, 0.25) is 0 Å². The summed E-state index contributed by atoms with van der Waals surface area (Å²) in [4.78, 5) is 13.8. The predicted octanol–water partition coefficient (Wildman–Crippen LogP) is 2.36. The molecular formula is C21H26N6O4S. The number of hydrogen-bond acceptors (Lipinski definition) is 7. The van der Waals surface area contributed by atoms with E-state index in [9.17, 15) is 13.2 Å². The monoisotopic (exact) mass is 458 g/mol. The van der Waals surface area contributed by atoms with E-state index in [1.807, 2.05) is 24.3 Å². The van der Waals surface area contributed by atoms with Gasteiger partial charge >= 0.3 is 0 Å². The average molecular weight is 459 g/mol. The second-order valence-corrected chi connectivity index (χ2v) is 9.77. The number of tetrazole rings is 1. The number of amides is 1. The van der Waals surface area contributed by atoms with Crippen LogP contribution in [-0.2, 0) is 21.4 Å². The van der Waals surface area contributed by atoms with Crippen LogP contribution >= 0.6 is 0 Å². The van der Waals surface area contributed by atoms with Gasteiger partial charge in [0.2, 0.25) is 21.8 Å². The van der Waals surface area contributed by atoms with Crippen molar-refractivity contribution in [2.24, 2.45) is 0 Å². The Kier molecular flexibility index (Phi) is 6.90. The lowest BCUT2D eigenvalue weighted by Crippen LogP contribution is -2.23. The molecule has 0 bridgehead atoms. The minimum absolute atomic E-state index is 0.0320. The second kappa shape index (κ2) is 9.45. The molecule has 3 aromatic rings. The van der Waals surface area contributed by atoms with E-state index in [0.717, 1.165) is 9.87 Å². The topological polar surface area (TPSA) is 119 Å². The van der Waals surface area contributed by atoms with E-state index >= 15 is 0 Å². The van der Waals surface area contributed by atoms with Crippen molar-refractivity contribution >= 4 is 21.6 Å². The number of anilines is 1. The molecule has 170 valence electrons. The molecule has 0 radical (unpaired) electrons. The first kappa shape index (κ1) is 23.4. The van der Waals surface area contributed by atoms with Gasteiger partial charge in [-0.3, -0.25) is 4.79 Å². The number of rotatable bonds is 8. The number of ether oxygens (including phenoxy) is 1. The first-order chi connectivity index (χ1) is 15.1. The standard InChI is InChI=1S/C21H26N6O4S/c1-14(2)15-6-8-16(9-7-15)21-23-25-27(24-21)13-20(28)22-18-12-17(10-11-19(18)31-5)32(29,30)26(3)4/h6-12,14H,13H2,1-5H3,(H,22,28). The van der Waals surface area contributed by atoms with Gasteiger partial charge in [0, 0.05) is 19.7 Å². The van der Waals surface area contributed by atoms with Crippen LogP contribution in [-0.4, -0.2) is 60.0 Å². The fraction of sp³-hybridized carbons (Fsp3) is 0.333. The Morgan fingerprint density at radius 3 is 2.44 bits per heavy atom. The fourth-order valence-electron chi connectivity index (χ4n) is 2.92. The molecule has 0 aliphatic rings. The molecule has 0 aliphatic heterocycles. The van der Waals surface area contributed by atoms with Gasteiger partial charge in [0.1, 0.15) is 12.3 Å². The second-order valence-electron chi connectivity index (χ2n) is 7.62. The first-order valence-electron chi connectivity index (χ1n) is 9.90. The third kappa shape index (κ3) is 5.11. The SMILES string of the molecule is COc1ccc(S(=O)(=O)N(C)C)cc1NC(=O)Cn1nnc(-c2ccc(C(C)C)cc2)n1. The van der Waals surface area contributed by atoms with Gasteiger partial charge in [0.25, 0.3) is 0 Å². The normalized spacial score (nSPS) is 11.7. The molecular weight excluding hydrogens is 432 g/mol. The van der Waals surface area contributed by atoms with Crippen LogP contribution in [0.15, 0.2) is 47.4 Å². The molecule has 1 amide bonds. The maximum atomic E-state index is 12.6. The van der Waals surface area contributed by atoms with E-state index in [2.05, 4.69) is 34.6 Å². The molecule has 0 fully saturated rings. The number of nitrogens with zero attached hydrogens (tertiary/aromatic N) is 5. The number of nitrogens with one attached hydrogen (secondary N) is 1. The highest BCUT2D eigenvalue weighted by Crippen LogP contribution is 2.28. The summed E-state index contributed by atoms with van der Waals surface area (Å²) in [6, 6.07) is 12.1. The van der Waals surface area contributed by atoms with E-state index in [4.69, 9.17) is 4.74 Å². The van der Waals surface area contributed by atoms with E-state index in [1.54, 1.807) is 0 Å². The smallest absolute Gasteiger partial charge is 0.248 e. The molecule has 0 atom stereocenters. The van der Waals surface area contributed by atoms with Gasteiger partial charge < -0.3 is 10.1 Å². The number of benzene rings is 2. The Labute approximate surface area is 187 Å². The number of sulfonamides is 1. The van der Waals surface area contributed by atoms with Crippen LogP contribution in [0.1, 0.15) is 25.3 Å². The Bertz CT molecular complexity index is 1200. The summed E-state index contributed by atoms with van der Waals surface area (Å²) in [6.07, 6.45) is 0. The van der Waals surface area contributed by atoms with Gasteiger partial charge in [-0.25, -0.2) is 12.7 Å². The van der Waals surface area contributed by atoms with Crippen molar-refractivity contribution in [2.45, 2.75) is 31.2 Å². The van der Waals surface area contributed by atoms with Crippen LogP contribution in [0.25, 0.3) is 11.4 Å².